The second-order valence-corrected chi connectivity index (χ2v) is 8.06. The summed E-state index contributed by atoms with van der Waals surface area (Å²) < 4.78 is 27.5. The van der Waals surface area contributed by atoms with E-state index in [2.05, 4.69) is 10.6 Å². The normalized spacial score (nSPS) is 12.0. The topological polar surface area (TPSA) is 78.5 Å². The van der Waals surface area contributed by atoms with Crippen molar-refractivity contribution < 1.29 is 13.2 Å². The number of nitrogens with one attached hydrogen (secondary N) is 2. The third-order valence-electron chi connectivity index (χ3n) is 4.14. The third-order valence-corrected chi connectivity index (χ3v) is 6.04. The lowest BCUT2D eigenvalue weighted by Gasteiger charge is -2.23. The van der Waals surface area contributed by atoms with Crippen LogP contribution >= 0.6 is 12.4 Å². The van der Waals surface area contributed by atoms with Gasteiger partial charge in [-0.05, 0) is 50.7 Å². The molecule has 0 saturated carbocycles. The number of anilines is 1. The first kappa shape index (κ1) is 23.9. The predicted octanol–water partition coefficient (Wildman–Crippen LogP) is 3.05. The second-order valence-electron chi connectivity index (χ2n) is 6.20. The van der Waals surface area contributed by atoms with Gasteiger partial charge in [-0.2, -0.15) is 0 Å². The summed E-state index contributed by atoms with van der Waals surface area (Å²) in [6.07, 6.45) is 0. The highest BCUT2D eigenvalue weighted by Gasteiger charge is 2.24. The van der Waals surface area contributed by atoms with E-state index in [1.54, 1.807) is 43.3 Å². The average Bonchev–Trinajstić information content (AvgIpc) is 2.67. The fraction of sp³-hybridized carbons (Fsp3) is 0.350. The van der Waals surface area contributed by atoms with Crippen LogP contribution in [-0.2, 0) is 10.0 Å². The monoisotopic (exact) mass is 425 g/mol. The van der Waals surface area contributed by atoms with Crippen molar-refractivity contribution in [3.8, 4) is 0 Å². The van der Waals surface area contributed by atoms with Gasteiger partial charge in [0.1, 0.15) is 0 Å². The number of amides is 1. The van der Waals surface area contributed by atoms with Gasteiger partial charge in [-0.15, -0.1) is 12.4 Å². The van der Waals surface area contributed by atoms with Gasteiger partial charge in [0.25, 0.3) is 15.9 Å². The summed E-state index contributed by atoms with van der Waals surface area (Å²) in [7, 11) is -3.76. The van der Waals surface area contributed by atoms with E-state index in [0.717, 1.165) is 6.54 Å². The number of sulfonamides is 1. The van der Waals surface area contributed by atoms with Gasteiger partial charge < -0.3 is 10.6 Å². The van der Waals surface area contributed by atoms with Gasteiger partial charge in [0.2, 0.25) is 0 Å². The molecule has 2 aromatic carbocycles. The smallest absolute Gasteiger partial charge is 0.264 e. The molecule has 1 atom stereocenters. The summed E-state index contributed by atoms with van der Waals surface area (Å²) in [5, 5.41) is 6.04. The van der Waals surface area contributed by atoms with Gasteiger partial charge in [-0.25, -0.2) is 8.42 Å². The maximum atomic E-state index is 13.1. The van der Waals surface area contributed by atoms with E-state index < -0.39 is 10.0 Å². The summed E-state index contributed by atoms with van der Waals surface area (Å²) in [6, 6.07) is 15.2. The number of halogens is 1. The van der Waals surface area contributed by atoms with Crippen LogP contribution in [0.25, 0.3) is 0 Å². The Hall–Kier alpha value is -2.09. The number of likely N-dealkylation sites (N-methyl/N-ethyl adjacent to an activating group) is 1. The molecule has 0 aliphatic carbocycles. The number of carbonyl (C=O) groups is 1. The highest BCUT2D eigenvalue weighted by molar-refractivity contribution is 7.92. The van der Waals surface area contributed by atoms with Crippen molar-refractivity contribution >= 4 is 34.0 Å². The van der Waals surface area contributed by atoms with Crippen molar-refractivity contribution in [3.63, 3.8) is 0 Å². The Labute approximate surface area is 173 Å². The van der Waals surface area contributed by atoms with Crippen LogP contribution in [0.4, 0.5) is 5.69 Å². The zero-order chi connectivity index (χ0) is 19.9. The van der Waals surface area contributed by atoms with E-state index in [4.69, 9.17) is 0 Å². The van der Waals surface area contributed by atoms with Crippen molar-refractivity contribution in [2.45, 2.75) is 31.7 Å². The van der Waals surface area contributed by atoms with Gasteiger partial charge in [0, 0.05) is 24.7 Å². The van der Waals surface area contributed by atoms with Crippen molar-refractivity contribution in [2.75, 3.05) is 23.9 Å². The van der Waals surface area contributed by atoms with Crippen molar-refractivity contribution in [1.29, 1.82) is 0 Å². The molecule has 6 nitrogen and oxygen atoms in total. The maximum Gasteiger partial charge on any atom is 0.264 e. The SMILES string of the molecule is CCN[C@H](C)CNC(=O)c1cccc(S(=O)(=O)N(CC)c2ccccc2)c1.Cl. The molecule has 8 heteroatoms. The van der Waals surface area contributed by atoms with Gasteiger partial charge in [-0.3, -0.25) is 9.10 Å². The zero-order valence-electron chi connectivity index (χ0n) is 16.4. The molecule has 0 heterocycles. The highest BCUT2D eigenvalue weighted by atomic mass is 35.5. The standard InChI is InChI=1S/C20H27N3O3S.ClH/c1-4-21-16(3)15-22-20(24)17-10-9-13-19(14-17)27(25,26)23(5-2)18-11-7-6-8-12-18;/h6-14,16,21H,4-5,15H2,1-3H3,(H,22,24);1H/t16-;/m1./s1. The molecule has 28 heavy (non-hydrogen) atoms. The van der Waals surface area contributed by atoms with Gasteiger partial charge in [-0.1, -0.05) is 31.2 Å². The molecule has 0 fully saturated rings. The van der Waals surface area contributed by atoms with Crippen LogP contribution in [0.3, 0.4) is 0 Å². The first-order valence-electron chi connectivity index (χ1n) is 9.09. The van der Waals surface area contributed by atoms with Crippen LogP contribution in [0.2, 0.25) is 0 Å². The number of para-hydroxylation sites is 1. The quantitative estimate of drug-likeness (QED) is 0.647. The third kappa shape index (κ3) is 5.95. The largest absolute Gasteiger partial charge is 0.350 e. The Morgan fingerprint density at radius 3 is 2.36 bits per heavy atom. The molecule has 0 radical (unpaired) electrons. The minimum Gasteiger partial charge on any atom is -0.350 e. The van der Waals surface area contributed by atoms with E-state index in [1.807, 2.05) is 19.9 Å². The highest BCUT2D eigenvalue weighted by Crippen LogP contribution is 2.23. The maximum absolute atomic E-state index is 13.1. The van der Waals surface area contributed by atoms with Crippen molar-refractivity contribution in [3.05, 3.63) is 60.2 Å². The van der Waals surface area contributed by atoms with Gasteiger partial charge in [0.15, 0.2) is 0 Å². The summed E-state index contributed by atoms with van der Waals surface area (Å²) in [5.74, 6) is -0.292. The molecule has 0 aromatic heterocycles. The first-order chi connectivity index (χ1) is 12.9. The summed E-state index contributed by atoms with van der Waals surface area (Å²) in [4.78, 5) is 12.5. The summed E-state index contributed by atoms with van der Waals surface area (Å²) in [5.41, 5.74) is 0.915. The predicted molar refractivity (Wildman–Crippen MR) is 116 cm³/mol. The first-order valence-corrected chi connectivity index (χ1v) is 10.5. The van der Waals surface area contributed by atoms with Crippen LogP contribution in [0, 0.1) is 0 Å². The van der Waals surface area contributed by atoms with Crippen LogP contribution in [0.5, 0.6) is 0 Å². The molecule has 2 N–H and O–H groups in total. The molecule has 1 amide bonds. The lowest BCUT2D eigenvalue weighted by molar-refractivity contribution is 0.0950. The van der Waals surface area contributed by atoms with Crippen molar-refractivity contribution in [1.82, 2.24) is 10.6 Å². The number of carbonyl (C=O) groups excluding carboxylic acids is 1. The molecule has 2 rings (SSSR count). The Balaban J connectivity index is 0.00000392. The van der Waals surface area contributed by atoms with Crippen LogP contribution < -0.4 is 14.9 Å². The molecule has 0 unspecified atom stereocenters. The van der Waals surface area contributed by atoms with Gasteiger partial charge >= 0.3 is 0 Å². The molecule has 0 aliphatic rings. The average molecular weight is 426 g/mol. The molecule has 0 saturated heterocycles. The molecule has 2 aromatic rings. The van der Waals surface area contributed by atoms with Crippen LogP contribution in [-0.4, -0.2) is 40.0 Å². The van der Waals surface area contributed by atoms with Crippen LogP contribution in [0.15, 0.2) is 59.5 Å². The fourth-order valence-corrected chi connectivity index (χ4v) is 4.30. The second kappa shape index (κ2) is 11.0. The lowest BCUT2D eigenvalue weighted by atomic mass is 10.2. The fourth-order valence-electron chi connectivity index (χ4n) is 2.78. The summed E-state index contributed by atoms with van der Waals surface area (Å²) >= 11 is 0. The lowest BCUT2D eigenvalue weighted by Crippen LogP contribution is -2.38. The number of benzene rings is 2. The number of nitrogens with zero attached hydrogens (tertiary/aromatic N) is 1. The number of rotatable bonds is 9. The Kier molecular flexibility index (Phi) is 9.45. The molecular weight excluding hydrogens is 398 g/mol. The van der Waals surface area contributed by atoms with E-state index in [0.29, 0.717) is 24.3 Å². The Bertz CT molecular complexity index is 860. The summed E-state index contributed by atoms with van der Waals surface area (Å²) in [6.45, 7) is 7.33. The van der Waals surface area contributed by atoms with E-state index >= 15 is 0 Å². The molecular formula is C20H28ClN3O3S. The Morgan fingerprint density at radius 2 is 1.75 bits per heavy atom. The van der Waals surface area contributed by atoms with E-state index in [1.165, 1.54) is 16.4 Å². The molecule has 154 valence electrons. The number of hydrogen-bond donors (Lipinski definition) is 2. The molecule has 0 aliphatic heterocycles. The molecule has 0 bridgehead atoms. The minimum atomic E-state index is -3.76. The zero-order valence-corrected chi connectivity index (χ0v) is 18.0. The minimum absolute atomic E-state index is 0. The van der Waals surface area contributed by atoms with Crippen molar-refractivity contribution in [2.24, 2.45) is 0 Å². The van der Waals surface area contributed by atoms with E-state index in [9.17, 15) is 13.2 Å². The van der Waals surface area contributed by atoms with E-state index in [-0.39, 0.29) is 29.3 Å². The molecule has 0 spiro atoms. The Morgan fingerprint density at radius 1 is 1.07 bits per heavy atom. The van der Waals surface area contributed by atoms with Crippen LogP contribution in [0.1, 0.15) is 31.1 Å². The van der Waals surface area contributed by atoms with Gasteiger partial charge in [0.05, 0.1) is 10.6 Å². The number of hydrogen-bond acceptors (Lipinski definition) is 4.